The zero-order valence-corrected chi connectivity index (χ0v) is 18.7. The highest BCUT2D eigenvalue weighted by Crippen LogP contribution is 2.27. The Bertz CT molecular complexity index is 1660. The fraction of sp³-hybridized carbons (Fsp3) is 0.115. The number of rotatable bonds is 3. The molecule has 0 spiro atoms. The van der Waals surface area contributed by atoms with Crippen molar-refractivity contribution in [1.82, 2.24) is 19.7 Å². The number of carbonyl (C=O) groups excluding carboxylic acids is 1. The third-order valence-electron chi connectivity index (χ3n) is 5.72. The molecule has 0 saturated carbocycles. The summed E-state index contributed by atoms with van der Waals surface area (Å²) in [5.41, 5.74) is 4.34. The Balaban J connectivity index is 1.63. The van der Waals surface area contributed by atoms with E-state index < -0.39 is 11.7 Å². The van der Waals surface area contributed by atoms with Gasteiger partial charge in [-0.2, -0.15) is 15.0 Å². The third-order valence-corrected chi connectivity index (χ3v) is 5.72. The SMILES string of the molecule is Cc1cc(C(=O)Nc2c(C#N)cnn2-c2cc(C)c3cccc(C)c3n2)c2cc(F)ccc2n1. The maximum atomic E-state index is 13.9. The minimum absolute atomic E-state index is 0.180. The minimum Gasteiger partial charge on any atom is -0.305 e. The Hall–Kier alpha value is -4.64. The number of para-hydroxylation sites is 1. The standard InChI is InChI=1S/C26H19FN6O/c1-14-5-4-6-19-15(2)9-23(31-24(14)19)33-25(17(12-28)13-29-33)32-26(34)21-10-16(3)30-22-8-7-18(27)11-20(21)22/h4-11,13H,1-3H3,(H,32,34). The second-order valence-corrected chi connectivity index (χ2v) is 8.13. The second kappa shape index (κ2) is 8.05. The number of aromatic nitrogens is 4. The molecular weight excluding hydrogens is 431 g/mol. The molecule has 1 amide bonds. The van der Waals surface area contributed by atoms with Crippen LogP contribution in [-0.4, -0.2) is 25.7 Å². The molecule has 5 aromatic rings. The van der Waals surface area contributed by atoms with Gasteiger partial charge in [0.1, 0.15) is 17.4 Å². The monoisotopic (exact) mass is 450 g/mol. The van der Waals surface area contributed by atoms with Crippen molar-refractivity contribution in [2.75, 3.05) is 5.32 Å². The van der Waals surface area contributed by atoms with E-state index in [1.807, 2.05) is 38.1 Å². The first-order chi connectivity index (χ1) is 16.4. The van der Waals surface area contributed by atoms with Crippen molar-refractivity contribution in [1.29, 1.82) is 5.26 Å². The van der Waals surface area contributed by atoms with Crippen LogP contribution in [-0.2, 0) is 0 Å². The van der Waals surface area contributed by atoms with E-state index >= 15 is 0 Å². The van der Waals surface area contributed by atoms with E-state index in [1.54, 1.807) is 13.0 Å². The highest BCUT2D eigenvalue weighted by Gasteiger charge is 2.20. The Morgan fingerprint density at radius 2 is 1.85 bits per heavy atom. The molecule has 34 heavy (non-hydrogen) atoms. The third kappa shape index (κ3) is 3.53. The molecule has 0 unspecified atom stereocenters. The van der Waals surface area contributed by atoms with Gasteiger partial charge in [-0.3, -0.25) is 9.78 Å². The fourth-order valence-electron chi connectivity index (χ4n) is 4.07. The number of aryl methyl sites for hydroxylation is 3. The average molecular weight is 450 g/mol. The smallest absolute Gasteiger partial charge is 0.257 e. The first-order valence-corrected chi connectivity index (χ1v) is 10.6. The lowest BCUT2D eigenvalue weighted by Crippen LogP contribution is -2.17. The number of nitriles is 1. The lowest BCUT2D eigenvalue weighted by atomic mass is 10.1. The summed E-state index contributed by atoms with van der Waals surface area (Å²) in [4.78, 5) is 22.5. The second-order valence-electron chi connectivity index (χ2n) is 8.13. The van der Waals surface area contributed by atoms with Crippen LogP contribution in [0.3, 0.4) is 0 Å². The van der Waals surface area contributed by atoms with Crippen LogP contribution >= 0.6 is 0 Å². The number of nitrogens with one attached hydrogen (secondary N) is 1. The maximum Gasteiger partial charge on any atom is 0.257 e. The van der Waals surface area contributed by atoms with Gasteiger partial charge >= 0.3 is 0 Å². The normalized spacial score (nSPS) is 11.0. The molecule has 0 bridgehead atoms. The summed E-state index contributed by atoms with van der Waals surface area (Å²) in [6.07, 6.45) is 1.38. The molecule has 0 aliphatic carbocycles. The van der Waals surface area contributed by atoms with Crippen LogP contribution in [0.4, 0.5) is 10.2 Å². The van der Waals surface area contributed by atoms with Gasteiger partial charge in [-0.1, -0.05) is 18.2 Å². The molecule has 8 heteroatoms. The molecule has 166 valence electrons. The molecular formula is C26H19FN6O. The van der Waals surface area contributed by atoms with Crippen molar-refractivity contribution >= 4 is 33.5 Å². The predicted molar refractivity (Wildman–Crippen MR) is 127 cm³/mol. The summed E-state index contributed by atoms with van der Waals surface area (Å²) >= 11 is 0. The van der Waals surface area contributed by atoms with E-state index in [9.17, 15) is 14.4 Å². The largest absolute Gasteiger partial charge is 0.305 e. The van der Waals surface area contributed by atoms with E-state index in [2.05, 4.69) is 21.5 Å². The number of hydrogen-bond donors (Lipinski definition) is 1. The Morgan fingerprint density at radius 3 is 2.65 bits per heavy atom. The van der Waals surface area contributed by atoms with Crippen LogP contribution in [0.5, 0.6) is 0 Å². The van der Waals surface area contributed by atoms with Gasteiger partial charge in [0.05, 0.1) is 22.8 Å². The molecule has 2 aromatic carbocycles. The van der Waals surface area contributed by atoms with Gasteiger partial charge in [0.25, 0.3) is 5.91 Å². The zero-order valence-electron chi connectivity index (χ0n) is 18.7. The van der Waals surface area contributed by atoms with Crippen molar-refractivity contribution in [2.45, 2.75) is 20.8 Å². The first kappa shape index (κ1) is 21.2. The number of halogens is 1. The quantitative estimate of drug-likeness (QED) is 0.410. The molecule has 0 radical (unpaired) electrons. The Labute approximate surface area is 194 Å². The molecule has 3 aromatic heterocycles. The molecule has 1 N–H and O–H groups in total. The number of fused-ring (bicyclic) bond motifs is 2. The van der Waals surface area contributed by atoms with Gasteiger partial charge in [0.2, 0.25) is 0 Å². The fourth-order valence-corrected chi connectivity index (χ4v) is 4.07. The molecule has 7 nitrogen and oxygen atoms in total. The number of anilines is 1. The molecule has 5 rings (SSSR count). The topological polar surface area (TPSA) is 96.5 Å². The molecule has 0 aliphatic rings. The maximum absolute atomic E-state index is 13.9. The van der Waals surface area contributed by atoms with Crippen molar-refractivity contribution in [3.05, 3.63) is 88.5 Å². The zero-order chi connectivity index (χ0) is 24.0. The Kier molecular flexibility index (Phi) is 5.02. The van der Waals surface area contributed by atoms with Gasteiger partial charge in [0.15, 0.2) is 11.6 Å². The van der Waals surface area contributed by atoms with E-state index in [0.29, 0.717) is 22.4 Å². The number of hydrogen-bond acceptors (Lipinski definition) is 5. The summed E-state index contributed by atoms with van der Waals surface area (Å²) in [5, 5.41) is 18.2. The summed E-state index contributed by atoms with van der Waals surface area (Å²) in [6, 6.07) is 15.6. The number of amides is 1. The summed E-state index contributed by atoms with van der Waals surface area (Å²) < 4.78 is 15.4. The first-order valence-electron chi connectivity index (χ1n) is 10.6. The number of carbonyl (C=O) groups is 1. The molecule has 0 aliphatic heterocycles. The van der Waals surface area contributed by atoms with Crippen molar-refractivity contribution < 1.29 is 9.18 Å². The van der Waals surface area contributed by atoms with Crippen molar-refractivity contribution in [2.24, 2.45) is 0 Å². The van der Waals surface area contributed by atoms with E-state index in [4.69, 9.17) is 4.98 Å². The number of nitrogens with zero attached hydrogens (tertiary/aromatic N) is 5. The van der Waals surface area contributed by atoms with Crippen LogP contribution in [0.1, 0.15) is 32.7 Å². The van der Waals surface area contributed by atoms with Crippen molar-refractivity contribution in [3.8, 4) is 11.9 Å². The van der Waals surface area contributed by atoms with Crippen LogP contribution < -0.4 is 5.32 Å². The number of pyridine rings is 2. The summed E-state index contributed by atoms with van der Waals surface area (Å²) in [6.45, 7) is 5.70. The average Bonchev–Trinajstić information content (AvgIpc) is 3.21. The molecule has 0 fully saturated rings. The van der Waals surface area contributed by atoms with Gasteiger partial charge < -0.3 is 5.32 Å². The molecule has 0 atom stereocenters. The van der Waals surface area contributed by atoms with E-state index in [1.165, 1.54) is 29.1 Å². The molecule has 0 saturated heterocycles. The van der Waals surface area contributed by atoms with Crippen molar-refractivity contribution in [3.63, 3.8) is 0 Å². The van der Waals surface area contributed by atoms with Gasteiger partial charge in [-0.25, -0.2) is 9.37 Å². The van der Waals surface area contributed by atoms with E-state index in [-0.39, 0.29) is 16.9 Å². The van der Waals surface area contributed by atoms with Crippen LogP contribution in [0.25, 0.3) is 27.6 Å². The highest BCUT2D eigenvalue weighted by atomic mass is 19.1. The van der Waals surface area contributed by atoms with Crippen LogP contribution in [0, 0.1) is 37.9 Å². The lowest BCUT2D eigenvalue weighted by Gasteiger charge is -2.13. The Morgan fingerprint density at radius 1 is 1.03 bits per heavy atom. The predicted octanol–water partition coefficient (Wildman–Crippen LogP) is 5.16. The minimum atomic E-state index is -0.506. The lowest BCUT2D eigenvalue weighted by molar-refractivity contribution is 0.102. The van der Waals surface area contributed by atoms with E-state index in [0.717, 1.165) is 22.0 Å². The summed E-state index contributed by atoms with van der Waals surface area (Å²) in [5.74, 6) is -0.321. The van der Waals surface area contributed by atoms with Crippen LogP contribution in [0.15, 0.2) is 54.7 Å². The highest BCUT2D eigenvalue weighted by molar-refractivity contribution is 6.12. The van der Waals surface area contributed by atoms with Gasteiger partial charge in [-0.15, -0.1) is 0 Å². The molecule has 3 heterocycles. The van der Waals surface area contributed by atoms with Gasteiger partial charge in [0, 0.05) is 16.5 Å². The number of benzene rings is 2. The van der Waals surface area contributed by atoms with Crippen LogP contribution in [0.2, 0.25) is 0 Å². The van der Waals surface area contributed by atoms with Gasteiger partial charge in [-0.05, 0) is 62.2 Å². The summed E-state index contributed by atoms with van der Waals surface area (Å²) in [7, 11) is 0.